The maximum absolute atomic E-state index is 4.26. The van der Waals surface area contributed by atoms with Crippen LogP contribution in [0.3, 0.4) is 0 Å². The summed E-state index contributed by atoms with van der Waals surface area (Å²) < 4.78 is 2.01. The third kappa shape index (κ3) is 2.78. The topological polar surface area (TPSA) is 29.9 Å². The average Bonchev–Trinajstić information content (AvgIpc) is 3.02. The van der Waals surface area contributed by atoms with Crippen LogP contribution in [0.4, 0.5) is 0 Å². The molecule has 0 radical (unpaired) electrons. The van der Waals surface area contributed by atoms with Gasteiger partial charge in [-0.15, -0.1) is 0 Å². The molecule has 1 aliphatic carbocycles. The molecule has 3 nitrogen and oxygen atoms in total. The number of benzene rings is 1. The molecule has 1 saturated carbocycles. The fourth-order valence-corrected chi connectivity index (χ4v) is 3.03. The first kappa shape index (κ1) is 13.4. The Bertz CT molecular complexity index is 555. The molecule has 1 aliphatic rings. The van der Waals surface area contributed by atoms with E-state index in [1.54, 1.807) is 0 Å². The highest BCUT2D eigenvalue weighted by molar-refractivity contribution is 5.37. The van der Waals surface area contributed by atoms with E-state index in [1.807, 2.05) is 23.1 Å². The van der Waals surface area contributed by atoms with Gasteiger partial charge < -0.3 is 5.32 Å². The number of hydrogen-bond donors (Lipinski definition) is 1. The van der Waals surface area contributed by atoms with Crippen LogP contribution in [-0.4, -0.2) is 15.8 Å². The fraction of sp³-hybridized carbons (Fsp3) is 0.471. The van der Waals surface area contributed by atoms with Gasteiger partial charge in [0.1, 0.15) is 0 Å². The second-order valence-corrected chi connectivity index (χ2v) is 6.00. The van der Waals surface area contributed by atoms with Crippen molar-refractivity contribution in [3.63, 3.8) is 0 Å². The molecule has 3 heteroatoms. The number of aromatic nitrogens is 2. The first-order valence-corrected chi connectivity index (χ1v) is 7.51. The summed E-state index contributed by atoms with van der Waals surface area (Å²) in [5.74, 6) is 0. The zero-order valence-electron chi connectivity index (χ0n) is 12.3. The van der Waals surface area contributed by atoms with Gasteiger partial charge >= 0.3 is 0 Å². The molecular weight excluding hydrogens is 246 g/mol. The van der Waals surface area contributed by atoms with Crippen LogP contribution in [-0.2, 0) is 12.1 Å². The monoisotopic (exact) mass is 269 g/mol. The lowest BCUT2D eigenvalue weighted by Crippen LogP contribution is -2.37. The van der Waals surface area contributed by atoms with Crippen LogP contribution in [0, 0.1) is 6.92 Å². The second kappa shape index (κ2) is 5.41. The van der Waals surface area contributed by atoms with E-state index < -0.39 is 0 Å². The minimum atomic E-state index is 0.231. The van der Waals surface area contributed by atoms with E-state index in [1.165, 1.54) is 24.0 Å². The second-order valence-electron chi connectivity index (χ2n) is 6.00. The minimum Gasteiger partial charge on any atom is -0.305 e. The number of hydrogen-bond acceptors (Lipinski definition) is 2. The predicted octanol–water partition coefficient (Wildman–Crippen LogP) is 3.25. The first-order valence-electron chi connectivity index (χ1n) is 7.51. The van der Waals surface area contributed by atoms with Crippen LogP contribution in [0.1, 0.15) is 37.3 Å². The van der Waals surface area contributed by atoms with Crippen molar-refractivity contribution in [1.29, 1.82) is 0 Å². The summed E-state index contributed by atoms with van der Waals surface area (Å²) in [6, 6.07) is 11.2. The van der Waals surface area contributed by atoms with Crippen molar-refractivity contribution in [3.05, 3.63) is 53.9 Å². The van der Waals surface area contributed by atoms with Gasteiger partial charge in [-0.1, -0.05) is 24.3 Å². The number of nitrogens with zero attached hydrogens (tertiary/aromatic N) is 2. The van der Waals surface area contributed by atoms with Gasteiger partial charge in [-0.05, 0) is 50.3 Å². The van der Waals surface area contributed by atoms with E-state index in [2.05, 4.69) is 48.5 Å². The van der Waals surface area contributed by atoms with Gasteiger partial charge in [-0.3, -0.25) is 4.68 Å². The Morgan fingerprint density at radius 2 is 2.10 bits per heavy atom. The van der Waals surface area contributed by atoms with Crippen molar-refractivity contribution in [3.8, 4) is 0 Å². The summed E-state index contributed by atoms with van der Waals surface area (Å²) in [6.07, 6.45) is 7.48. The van der Waals surface area contributed by atoms with Crippen molar-refractivity contribution >= 4 is 0 Å². The molecule has 1 N–H and O–H groups in total. The lowest BCUT2D eigenvalue weighted by molar-refractivity contribution is 0.394. The van der Waals surface area contributed by atoms with E-state index in [9.17, 15) is 0 Å². The number of aryl methyl sites for hydroxylation is 2. The van der Waals surface area contributed by atoms with Crippen LogP contribution in [0.25, 0.3) is 0 Å². The van der Waals surface area contributed by atoms with Crippen LogP contribution < -0.4 is 5.32 Å². The molecule has 0 aliphatic heterocycles. The largest absolute Gasteiger partial charge is 0.305 e. The van der Waals surface area contributed by atoms with E-state index in [-0.39, 0.29) is 5.54 Å². The molecule has 1 fully saturated rings. The highest BCUT2D eigenvalue weighted by Crippen LogP contribution is 2.47. The summed E-state index contributed by atoms with van der Waals surface area (Å²) in [7, 11) is 0. The van der Waals surface area contributed by atoms with Gasteiger partial charge in [-0.2, -0.15) is 5.10 Å². The summed E-state index contributed by atoms with van der Waals surface area (Å²) in [6.45, 7) is 5.47. The van der Waals surface area contributed by atoms with E-state index in [4.69, 9.17) is 0 Å². The molecule has 0 unspecified atom stereocenters. The average molecular weight is 269 g/mol. The first-order chi connectivity index (χ1) is 9.70. The maximum Gasteiger partial charge on any atom is 0.0489 e. The fourth-order valence-electron chi connectivity index (χ4n) is 3.03. The van der Waals surface area contributed by atoms with Crippen LogP contribution >= 0.6 is 0 Å². The molecule has 1 heterocycles. The molecule has 20 heavy (non-hydrogen) atoms. The quantitative estimate of drug-likeness (QED) is 0.872. The van der Waals surface area contributed by atoms with Crippen molar-refractivity contribution in [2.75, 3.05) is 0 Å². The summed E-state index contributed by atoms with van der Waals surface area (Å²) in [5.41, 5.74) is 3.11. The standard InChI is InChI=1S/C17H23N3/c1-14-6-3-4-7-16(14)17(9-10-17)19-15(2)8-13-20-12-5-11-18-20/h3-7,11-12,15,19H,8-10,13H2,1-2H3/t15-/m1/s1. The van der Waals surface area contributed by atoms with Gasteiger partial charge in [0, 0.05) is 30.5 Å². The van der Waals surface area contributed by atoms with Gasteiger partial charge in [0.05, 0.1) is 0 Å². The third-order valence-electron chi connectivity index (χ3n) is 4.28. The molecular formula is C17H23N3. The number of nitrogens with one attached hydrogen (secondary N) is 1. The van der Waals surface area contributed by atoms with Crippen molar-refractivity contribution < 1.29 is 0 Å². The molecule has 0 spiro atoms. The van der Waals surface area contributed by atoms with Gasteiger partial charge in [0.15, 0.2) is 0 Å². The van der Waals surface area contributed by atoms with Crippen molar-refractivity contribution in [2.45, 2.75) is 51.2 Å². The predicted molar refractivity (Wildman–Crippen MR) is 81.5 cm³/mol. The Morgan fingerprint density at radius 1 is 1.30 bits per heavy atom. The molecule has 0 bridgehead atoms. The molecule has 1 atom stereocenters. The highest BCUT2D eigenvalue weighted by Gasteiger charge is 2.45. The Morgan fingerprint density at radius 3 is 2.75 bits per heavy atom. The van der Waals surface area contributed by atoms with E-state index in [0.29, 0.717) is 6.04 Å². The lowest BCUT2D eigenvalue weighted by atomic mass is 9.98. The summed E-state index contributed by atoms with van der Waals surface area (Å²) in [4.78, 5) is 0. The molecule has 1 aromatic carbocycles. The molecule has 0 saturated heterocycles. The number of rotatable bonds is 6. The molecule has 1 aromatic heterocycles. The normalized spacial score (nSPS) is 17.9. The smallest absolute Gasteiger partial charge is 0.0489 e. The third-order valence-corrected chi connectivity index (χ3v) is 4.28. The van der Waals surface area contributed by atoms with Crippen molar-refractivity contribution in [1.82, 2.24) is 15.1 Å². The van der Waals surface area contributed by atoms with Gasteiger partial charge in [0.25, 0.3) is 0 Å². The van der Waals surface area contributed by atoms with E-state index in [0.717, 1.165) is 13.0 Å². The highest BCUT2D eigenvalue weighted by atomic mass is 15.3. The molecule has 2 aromatic rings. The molecule has 0 amide bonds. The van der Waals surface area contributed by atoms with Crippen LogP contribution in [0.5, 0.6) is 0 Å². The summed E-state index contributed by atoms with van der Waals surface area (Å²) >= 11 is 0. The Labute approximate surface area is 121 Å². The molecule has 3 rings (SSSR count). The lowest BCUT2D eigenvalue weighted by Gasteiger charge is -2.25. The van der Waals surface area contributed by atoms with Crippen molar-refractivity contribution in [2.24, 2.45) is 0 Å². The zero-order chi connectivity index (χ0) is 14.0. The Hall–Kier alpha value is -1.61. The Balaban J connectivity index is 1.61. The van der Waals surface area contributed by atoms with Crippen LogP contribution in [0.15, 0.2) is 42.7 Å². The van der Waals surface area contributed by atoms with E-state index >= 15 is 0 Å². The zero-order valence-corrected chi connectivity index (χ0v) is 12.3. The van der Waals surface area contributed by atoms with Gasteiger partial charge in [-0.25, -0.2) is 0 Å². The summed E-state index contributed by atoms with van der Waals surface area (Å²) in [5, 5.41) is 8.11. The Kier molecular flexibility index (Phi) is 3.62. The molecule has 106 valence electrons. The van der Waals surface area contributed by atoms with Crippen LogP contribution in [0.2, 0.25) is 0 Å². The minimum absolute atomic E-state index is 0.231. The van der Waals surface area contributed by atoms with Gasteiger partial charge in [0.2, 0.25) is 0 Å². The SMILES string of the molecule is Cc1ccccc1C1(N[C@H](C)CCn2cccn2)CC1. The maximum atomic E-state index is 4.26.